The van der Waals surface area contributed by atoms with Gasteiger partial charge in [0.05, 0.1) is 31.2 Å². The highest BCUT2D eigenvalue weighted by atomic mass is 16.5. The third-order valence-electron chi connectivity index (χ3n) is 5.36. The van der Waals surface area contributed by atoms with Gasteiger partial charge in [0, 0.05) is 24.4 Å². The summed E-state index contributed by atoms with van der Waals surface area (Å²) in [6.45, 7) is 1.34. The summed E-state index contributed by atoms with van der Waals surface area (Å²) in [6, 6.07) is 18.8. The summed E-state index contributed by atoms with van der Waals surface area (Å²) in [4.78, 5) is 23.9. The summed E-state index contributed by atoms with van der Waals surface area (Å²) in [7, 11) is 3.06. The molecule has 168 valence electrons. The van der Waals surface area contributed by atoms with Gasteiger partial charge in [0.15, 0.2) is 5.69 Å². The van der Waals surface area contributed by atoms with Crippen LogP contribution in [0.3, 0.4) is 0 Å². The van der Waals surface area contributed by atoms with Crippen molar-refractivity contribution in [2.45, 2.75) is 13.5 Å². The number of carboxylic acid groups (broad SMARTS) is 1. The SMILES string of the molecule is COc1cccc(OC)c1-c1c(CNC(C)=O)c(C(=O)O)nn1-c1cccc2ccccc12. The molecule has 0 saturated heterocycles. The zero-order valence-corrected chi connectivity index (χ0v) is 18.5. The minimum absolute atomic E-state index is 0.0295. The maximum absolute atomic E-state index is 12.2. The summed E-state index contributed by atoms with van der Waals surface area (Å²) < 4.78 is 12.8. The van der Waals surface area contributed by atoms with Crippen molar-refractivity contribution in [3.63, 3.8) is 0 Å². The number of fused-ring (bicyclic) bond motifs is 1. The first-order valence-corrected chi connectivity index (χ1v) is 10.2. The molecule has 33 heavy (non-hydrogen) atoms. The van der Waals surface area contributed by atoms with Crippen molar-refractivity contribution in [3.8, 4) is 28.4 Å². The lowest BCUT2D eigenvalue weighted by atomic mass is 10.0. The summed E-state index contributed by atoms with van der Waals surface area (Å²) in [6.07, 6.45) is 0. The molecule has 0 unspecified atom stereocenters. The number of rotatable bonds is 7. The van der Waals surface area contributed by atoms with Crippen molar-refractivity contribution in [3.05, 3.63) is 71.9 Å². The quantitative estimate of drug-likeness (QED) is 0.445. The monoisotopic (exact) mass is 445 g/mol. The van der Waals surface area contributed by atoms with Crippen LogP contribution in [0.15, 0.2) is 60.7 Å². The number of carbonyl (C=O) groups excluding carboxylic acids is 1. The number of hydrogen-bond acceptors (Lipinski definition) is 5. The number of carboxylic acids is 1. The lowest BCUT2D eigenvalue weighted by molar-refractivity contribution is -0.119. The van der Waals surface area contributed by atoms with E-state index in [0.717, 1.165) is 10.8 Å². The number of nitrogens with one attached hydrogen (secondary N) is 1. The molecule has 8 heteroatoms. The van der Waals surface area contributed by atoms with Crippen LogP contribution in [0.5, 0.6) is 11.5 Å². The van der Waals surface area contributed by atoms with Crippen molar-refractivity contribution >= 4 is 22.6 Å². The van der Waals surface area contributed by atoms with E-state index < -0.39 is 5.97 Å². The van der Waals surface area contributed by atoms with Gasteiger partial charge < -0.3 is 19.9 Å². The van der Waals surface area contributed by atoms with Crippen LogP contribution in [-0.4, -0.2) is 41.0 Å². The molecule has 0 fully saturated rings. The molecule has 2 N–H and O–H groups in total. The first kappa shape index (κ1) is 21.9. The molecule has 0 aliphatic carbocycles. The van der Waals surface area contributed by atoms with Gasteiger partial charge in [-0.3, -0.25) is 4.79 Å². The number of carbonyl (C=O) groups is 2. The molecular weight excluding hydrogens is 422 g/mol. The van der Waals surface area contributed by atoms with E-state index in [-0.39, 0.29) is 18.1 Å². The van der Waals surface area contributed by atoms with Gasteiger partial charge in [0.2, 0.25) is 5.91 Å². The largest absolute Gasteiger partial charge is 0.496 e. The Bertz CT molecular complexity index is 1330. The minimum Gasteiger partial charge on any atom is -0.496 e. The molecule has 8 nitrogen and oxygen atoms in total. The predicted molar refractivity (Wildman–Crippen MR) is 124 cm³/mol. The number of amides is 1. The van der Waals surface area contributed by atoms with Gasteiger partial charge in [-0.2, -0.15) is 5.10 Å². The lowest BCUT2D eigenvalue weighted by Gasteiger charge is -2.17. The number of nitrogens with zero attached hydrogens (tertiary/aromatic N) is 2. The highest BCUT2D eigenvalue weighted by Gasteiger charge is 2.29. The lowest BCUT2D eigenvalue weighted by Crippen LogP contribution is -2.20. The summed E-state index contributed by atoms with van der Waals surface area (Å²) in [5, 5.41) is 19.0. The van der Waals surface area contributed by atoms with Gasteiger partial charge in [-0.05, 0) is 23.6 Å². The average Bonchev–Trinajstić information content (AvgIpc) is 3.20. The molecule has 0 bridgehead atoms. The molecule has 0 aliphatic rings. The summed E-state index contributed by atoms with van der Waals surface area (Å²) >= 11 is 0. The van der Waals surface area contributed by atoms with Crippen LogP contribution in [0.1, 0.15) is 23.0 Å². The van der Waals surface area contributed by atoms with Gasteiger partial charge in [0.1, 0.15) is 11.5 Å². The number of hydrogen-bond donors (Lipinski definition) is 2. The van der Waals surface area contributed by atoms with Crippen LogP contribution < -0.4 is 14.8 Å². The fraction of sp³-hybridized carbons (Fsp3) is 0.160. The number of aromatic carboxylic acids is 1. The highest BCUT2D eigenvalue weighted by molar-refractivity contribution is 5.95. The molecule has 4 rings (SSSR count). The van der Waals surface area contributed by atoms with Gasteiger partial charge in [-0.15, -0.1) is 0 Å². The Morgan fingerprint density at radius 2 is 1.61 bits per heavy atom. The summed E-state index contributed by atoms with van der Waals surface area (Å²) in [5.74, 6) is -0.528. The van der Waals surface area contributed by atoms with Crippen LogP contribution >= 0.6 is 0 Å². The van der Waals surface area contributed by atoms with Crippen LogP contribution in [0.25, 0.3) is 27.7 Å². The average molecular weight is 445 g/mol. The molecule has 4 aromatic rings. The molecule has 3 aromatic carbocycles. The first-order chi connectivity index (χ1) is 16.0. The zero-order valence-electron chi connectivity index (χ0n) is 18.5. The van der Waals surface area contributed by atoms with E-state index in [0.29, 0.717) is 34.0 Å². The molecule has 0 saturated carbocycles. The van der Waals surface area contributed by atoms with Crippen molar-refractivity contribution in [1.29, 1.82) is 0 Å². The van der Waals surface area contributed by atoms with Gasteiger partial charge in [-0.1, -0.05) is 42.5 Å². The predicted octanol–water partition coefficient (Wildman–Crippen LogP) is 4.04. The fourth-order valence-electron chi connectivity index (χ4n) is 3.91. The van der Waals surface area contributed by atoms with Gasteiger partial charge in [-0.25, -0.2) is 9.48 Å². The number of aromatic nitrogens is 2. The third kappa shape index (κ3) is 3.98. The Labute approximate surface area is 190 Å². The maximum atomic E-state index is 12.2. The molecule has 1 heterocycles. The molecular formula is C25H23N3O5. The van der Waals surface area contributed by atoms with Crippen molar-refractivity contribution < 1.29 is 24.2 Å². The Kier molecular flexibility index (Phi) is 5.99. The van der Waals surface area contributed by atoms with E-state index >= 15 is 0 Å². The maximum Gasteiger partial charge on any atom is 0.356 e. The van der Waals surface area contributed by atoms with E-state index in [1.807, 2.05) is 42.5 Å². The summed E-state index contributed by atoms with van der Waals surface area (Å²) in [5.41, 5.74) is 1.86. The Morgan fingerprint density at radius 3 is 2.24 bits per heavy atom. The second kappa shape index (κ2) is 9.04. The standard InChI is InChI=1S/C25H23N3O5/c1-15(29)26-14-18-23(25(30)31)27-28(19-11-6-9-16-8-4-5-10-17(16)19)24(18)22-20(32-2)12-7-13-21(22)33-3/h4-13H,14H2,1-3H3,(H,26,29)(H,30,31). The molecule has 0 radical (unpaired) electrons. The van der Waals surface area contributed by atoms with Crippen LogP contribution in [0.2, 0.25) is 0 Å². The van der Waals surface area contributed by atoms with Gasteiger partial charge >= 0.3 is 5.97 Å². The molecule has 0 aliphatic heterocycles. The van der Waals surface area contributed by atoms with Crippen molar-refractivity contribution in [1.82, 2.24) is 15.1 Å². The second-order valence-corrected chi connectivity index (χ2v) is 7.34. The van der Waals surface area contributed by atoms with Crippen molar-refractivity contribution in [2.24, 2.45) is 0 Å². The number of benzene rings is 3. The minimum atomic E-state index is -1.20. The second-order valence-electron chi connectivity index (χ2n) is 7.34. The smallest absolute Gasteiger partial charge is 0.356 e. The van der Waals surface area contributed by atoms with E-state index in [4.69, 9.17) is 9.47 Å². The molecule has 0 atom stereocenters. The Hall–Kier alpha value is -4.33. The van der Waals surface area contributed by atoms with Crippen molar-refractivity contribution in [2.75, 3.05) is 14.2 Å². The van der Waals surface area contributed by atoms with E-state index in [1.165, 1.54) is 21.1 Å². The third-order valence-corrected chi connectivity index (χ3v) is 5.36. The van der Waals surface area contributed by atoms with Gasteiger partial charge in [0.25, 0.3) is 0 Å². The number of methoxy groups -OCH3 is 2. The number of ether oxygens (including phenoxy) is 2. The van der Waals surface area contributed by atoms with E-state index in [2.05, 4.69) is 10.4 Å². The van der Waals surface area contributed by atoms with E-state index in [1.54, 1.807) is 22.9 Å². The first-order valence-electron chi connectivity index (χ1n) is 10.2. The molecule has 1 aromatic heterocycles. The van der Waals surface area contributed by atoms with Crippen LogP contribution in [0, 0.1) is 0 Å². The Morgan fingerprint density at radius 1 is 0.970 bits per heavy atom. The fourth-order valence-corrected chi connectivity index (χ4v) is 3.91. The zero-order chi connectivity index (χ0) is 23.5. The van der Waals surface area contributed by atoms with Crippen LogP contribution in [0.4, 0.5) is 0 Å². The molecule has 0 spiro atoms. The topological polar surface area (TPSA) is 103 Å². The van der Waals surface area contributed by atoms with Crippen LogP contribution in [-0.2, 0) is 11.3 Å². The van der Waals surface area contributed by atoms with E-state index in [9.17, 15) is 14.7 Å². The normalized spacial score (nSPS) is 10.8. The molecule has 1 amide bonds. The Balaban J connectivity index is 2.14. The highest BCUT2D eigenvalue weighted by Crippen LogP contribution is 2.42.